The molecule has 4 heterocycles. The summed E-state index contributed by atoms with van der Waals surface area (Å²) < 4.78 is 0. The third-order valence-corrected chi connectivity index (χ3v) is 7.07. The lowest BCUT2D eigenvalue weighted by molar-refractivity contribution is 0.0591. The van der Waals surface area contributed by atoms with Crippen LogP contribution >= 0.6 is 0 Å². The van der Waals surface area contributed by atoms with Crippen molar-refractivity contribution in [3.63, 3.8) is 0 Å². The van der Waals surface area contributed by atoms with Gasteiger partial charge in [0.2, 0.25) is 0 Å². The van der Waals surface area contributed by atoms with Crippen molar-refractivity contribution < 1.29 is 4.79 Å². The van der Waals surface area contributed by atoms with Gasteiger partial charge in [-0.2, -0.15) is 0 Å². The molecule has 8 nitrogen and oxygen atoms in total. The number of piperidine rings is 1. The van der Waals surface area contributed by atoms with Gasteiger partial charge in [0.1, 0.15) is 11.5 Å². The molecule has 2 aliphatic heterocycles. The smallest absolute Gasteiger partial charge is 0.274 e. The number of rotatable bonds is 3. The monoisotopic (exact) mass is 422 g/mol. The van der Waals surface area contributed by atoms with Crippen LogP contribution < -0.4 is 5.56 Å². The maximum absolute atomic E-state index is 13.1. The van der Waals surface area contributed by atoms with Gasteiger partial charge in [0.05, 0.1) is 23.5 Å². The molecule has 1 saturated heterocycles. The predicted octanol–water partition coefficient (Wildman–Crippen LogP) is 2.62. The van der Waals surface area contributed by atoms with E-state index in [0.717, 1.165) is 43.5 Å². The molecular formula is C23H30N6O2. The minimum Gasteiger partial charge on any atom is -0.327 e. The number of amides is 1. The Morgan fingerprint density at radius 1 is 1.03 bits per heavy atom. The summed E-state index contributed by atoms with van der Waals surface area (Å²) in [7, 11) is 0. The van der Waals surface area contributed by atoms with Crippen LogP contribution in [0.2, 0.25) is 0 Å². The van der Waals surface area contributed by atoms with E-state index in [4.69, 9.17) is 4.98 Å². The van der Waals surface area contributed by atoms with Crippen molar-refractivity contribution in [2.45, 2.75) is 76.4 Å². The lowest BCUT2D eigenvalue weighted by Crippen LogP contribution is -2.44. The second-order valence-electron chi connectivity index (χ2n) is 8.99. The highest BCUT2D eigenvalue weighted by atomic mass is 16.2. The molecule has 0 bridgehead atoms. The van der Waals surface area contributed by atoms with E-state index >= 15 is 0 Å². The van der Waals surface area contributed by atoms with E-state index in [9.17, 15) is 9.59 Å². The number of fused-ring (bicyclic) bond motifs is 1. The highest BCUT2D eigenvalue weighted by Gasteiger charge is 2.33. The van der Waals surface area contributed by atoms with Gasteiger partial charge in [-0.05, 0) is 32.1 Å². The van der Waals surface area contributed by atoms with Crippen LogP contribution in [0.3, 0.4) is 0 Å². The molecule has 1 amide bonds. The van der Waals surface area contributed by atoms with E-state index in [1.54, 1.807) is 11.1 Å². The van der Waals surface area contributed by atoms with Gasteiger partial charge in [0, 0.05) is 44.5 Å². The highest BCUT2D eigenvalue weighted by Crippen LogP contribution is 2.31. The Kier molecular flexibility index (Phi) is 5.80. The fraction of sp³-hybridized carbons (Fsp3) is 0.609. The summed E-state index contributed by atoms with van der Waals surface area (Å²) in [4.78, 5) is 46.5. The number of aromatic amines is 1. The van der Waals surface area contributed by atoms with Gasteiger partial charge in [-0.3, -0.25) is 19.5 Å². The van der Waals surface area contributed by atoms with E-state index in [0.29, 0.717) is 30.6 Å². The van der Waals surface area contributed by atoms with Crippen LogP contribution in [-0.4, -0.2) is 54.8 Å². The van der Waals surface area contributed by atoms with Crippen LogP contribution in [0.5, 0.6) is 0 Å². The zero-order chi connectivity index (χ0) is 21.2. The Hall–Kier alpha value is -2.61. The second kappa shape index (κ2) is 8.86. The van der Waals surface area contributed by atoms with Crippen molar-refractivity contribution in [2.75, 3.05) is 13.1 Å². The fourth-order valence-corrected chi connectivity index (χ4v) is 5.40. The van der Waals surface area contributed by atoms with Crippen molar-refractivity contribution in [1.29, 1.82) is 0 Å². The van der Waals surface area contributed by atoms with Gasteiger partial charge in [0.15, 0.2) is 0 Å². The molecule has 3 aliphatic rings. The van der Waals surface area contributed by atoms with E-state index in [1.165, 1.54) is 44.5 Å². The Morgan fingerprint density at radius 2 is 1.87 bits per heavy atom. The minimum atomic E-state index is -0.224. The Labute approximate surface area is 182 Å². The highest BCUT2D eigenvalue weighted by molar-refractivity contribution is 5.92. The third-order valence-electron chi connectivity index (χ3n) is 7.07. The quantitative estimate of drug-likeness (QED) is 0.817. The van der Waals surface area contributed by atoms with Crippen LogP contribution in [0.25, 0.3) is 0 Å². The Bertz CT molecular complexity index is 985. The molecule has 2 fully saturated rings. The average molecular weight is 423 g/mol. The predicted molar refractivity (Wildman–Crippen MR) is 116 cm³/mol. The van der Waals surface area contributed by atoms with Crippen LogP contribution in [0.1, 0.15) is 85.0 Å². The lowest BCUT2D eigenvalue weighted by Gasteiger charge is -2.38. The van der Waals surface area contributed by atoms with Gasteiger partial charge in [0.25, 0.3) is 11.5 Å². The average Bonchev–Trinajstić information content (AvgIpc) is 2.84. The van der Waals surface area contributed by atoms with Crippen molar-refractivity contribution in [3.05, 3.63) is 51.7 Å². The summed E-state index contributed by atoms with van der Waals surface area (Å²) in [6.45, 7) is 2.28. The molecule has 0 spiro atoms. The van der Waals surface area contributed by atoms with Crippen molar-refractivity contribution in [2.24, 2.45) is 0 Å². The van der Waals surface area contributed by atoms with Gasteiger partial charge >= 0.3 is 0 Å². The molecule has 5 rings (SSSR count). The van der Waals surface area contributed by atoms with Gasteiger partial charge in [-0.15, -0.1) is 0 Å². The van der Waals surface area contributed by atoms with Crippen LogP contribution in [0.4, 0.5) is 0 Å². The SMILES string of the molecule is O=C(c1cnccn1)N1CCCCC1c1nc2c(c(=O)[nH]1)CN(C1CCCCC1)CC2. The molecule has 1 unspecified atom stereocenters. The molecule has 1 aliphatic carbocycles. The number of hydrogen-bond acceptors (Lipinski definition) is 6. The number of nitrogens with zero attached hydrogens (tertiary/aromatic N) is 5. The number of carbonyl (C=O) groups excluding carboxylic acids is 1. The topological polar surface area (TPSA) is 95.1 Å². The first-order chi connectivity index (χ1) is 15.2. The van der Waals surface area contributed by atoms with E-state index in [1.807, 2.05) is 0 Å². The zero-order valence-electron chi connectivity index (χ0n) is 17.9. The van der Waals surface area contributed by atoms with E-state index in [-0.39, 0.29) is 17.5 Å². The summed E-state index contributed by atoms with van der Waals surface area (Å²) in [5.74, 6) is 0.466. The van der Waals surface area contributed by atoms with Crippen molar-refractivity contribution >= 4 is 5.91 Å². The lowest BCUT2D eigenvalue weighted by atomic mass is 9.92. The largest absolute Gasteiger partial charge is 0.327 e. The first-order valence-electron chi connectivity index (χ1n) is 11.6. The molecule has 1 N–H and O–H groups in total. The minimum absolute atomic E-state index is 0.0435. The summed E-state index contributed by atoms with van der Waals surface area (Å²) >= 11 is 0. The first kappa shape index (κ1) is 20.3. The van der Waals surface area contributed by atoms with Gasteiger partial charge in [-0.1, -0.05) is 19.3 Å². The molecule has 2 aromatic rings. The molecule has 1 saturated carbocycles. The molecule has 8 heteroatoms. The molecule has 31 heavy (non-hydrogen) atoms. The normalized spacial score (nSPS) is 22.8. The van der Waals surface area contributed by atoms with E-state index in [2.05, 4.69) is 19.9 Å². The summed E-state index contributed by atoms with van der Waals surface area (Å²) in [5, 5.41) is 0. The molecule has 0 radical (unpaired) electrons. The zero-order valence-corrected chi connectivity index (χ0v) is 17.9. The number of H-pyrrole nitrogens is 1. The first-order valence-corrected chi connectivity index (χ1v) is 11.6. The number of carbonyl (C=O) groups is 1. The molecule has 0 aromatic carbocycles. The van der Waals surface area contributed by atoms with Crippen molar-refractivity contribution in [3.8, 4) is 0 Å². The van der Waals surface area contributed by atoms with Crippen LogP contribution in [0.15, 0.2) is 23.4 Å². The van der Waals surface area contributed by atoms with Crippen LogP contribution in [-0.2, 0) is 13.0 Å². The molecular weight excluding hydrogens is 392 g/mol. The van der Waals surface area contributed by atoms with Gasteiger partial charge < -0.3 is 9.88 Å². The summed E-state index contributed by atoms with van der Waals surface area (Å²) in [6, 6.07) is 0.372. The summed E-state index contributed by atoms with van der Waals surface area (Å²) in [6.07, 6.45) is 14.5. The molecule has 2 aromatic heterocycles. The standard InChI is InChI=1S/C23H30N6O2/c30-22-17-15-28(16-6-2-1-3-7-16)13-9-18(17)26-21(27-22)20-8-4-5-12-29(20)23(31)19-14-24-10-11-25-19/h10-11,14,16,20H,1-9,12-13,15H2,(H,26,27,30). The fourth-order valence-electron chi connectivity index (χ4n) is 5.40. The van der Waals surface area contributed by atoms with E-state index < -0.39 is 0 Å². The number of hydrogen-bond donors (Lipinski definition) is 1. The van der Waals surface area contributed by atoms with Gasteiger partial charge in [-0.25, -0.2) is 9.97 Å². The third kappa shape index (κ3) is 4.13. The second-order valence-corrected chi connectivity index (χ2v) is 8.99. The maximum Gasteiger partial charge on any atom is 0.274 e. The number of aromatic nitrogens is 4. The Balaban J connectivity index is 1.39. The molecule has 1 atom stereocenters. The van der Waals surface area contributed by atoms with Crippen LogP contribution in [0, 0.1) is 0 Å². The molecule has 164 valence electrons. The Morgan fingerprint density at radius 3 is 2.68 bits per heavy atom. The number of nitrogens with one attached hydrogen (secondary N) is 1. The maximum atomic E-state index is 13.1. The van der Waals surface area contributed by atoms with Crippen molar-refractivity contribution in [1.82, 2.24) is 29.7 Å². The summed E-state index contributed by atoms with van der Waals surface area (Å²) in [5.41, 5.74) is 2.00. The number of likely N-dealkylation sites (tertiary alicyclic amines) is 1.